The van der Waals surface area contributed by atoms with Gasteiger partial charge in [0, 0.05) is 14.0 Å². The molecule has 0 fully saturated rings. The summed E-state index contributed by atoms with van der Waals surface area (Å²) in [6.45, 7) is 1.30. The van der Waals surface area contributed by atoms with E-state index >= 15 is 0 Å². The van der Waals surface area contributed by atoms with Crippen LogP contribution in [-0.2, 0) is 19.6 Å². The highest BCUT2D eigenvalue weighted by Gasteiger charge is 2.44. The third-order valence-corrected chi connectivity index (χ3v) is 5.72. The van der Waals surface area contributed by atoms with E-state index in [0.29, 0.717) is 5.76 Å². The fourth-order valence-corrected chi connectivity index (χ4v) is 4.63. The van der Waals surface area contributed by atoms with Gasteiger partial charge >= 0.3 is 5.97 Å². The van der Waals surface area contributed by atoms with E-state index in [1.54, 1.807) is 11.5 Å². The first-order chi connectivity index (χ1) is 7.43. The molecule has 0 radical (unpaired) electrons. The molecule has 7 heteroatoms. The SMILES string of the molecule is CC(=O)OC1=CN(C)S(=O)(=O)[C@H]2C=CS[C@@H]12. The van der Waals surface area contributed by atoms with Crippen molar-refractivity contribution in [2.45, 2.75) is 17.4 Å². The topological polar surface area (TPSA) is 63.7 Å². The van der Waals surface area contributed by atoms with Crippen LogP contribution in [-0.4, -0.2) is 36.2 Å². The summed E-state index contributed by atoms with van der Waals surface area (Å²) in [6.07, 6.45) is 2.98. The molecular weight excluding hydrogens is 250 g/mol. The predicted octanol–water partition coefficient (Wildman–Crippen LogP) is 0.664. The summed E-state index contributed by atoms with van der Waals surface area (Å²) >= 11 is 1.35. The Hall–Kier alpha value is -0.950. The predicted molar refractivity (Wildman–Crippen MR) is 60.8 cm³/mol. The zero-order valence-electron chi connectivity index (χ0n) is 8.78. The highest BCUT2D eigenvalue weighted by atomic mass is 32.2. The standard InChI is InChI=1S/C9H11NO4S2/c1-6(11)14-7-5-10(2)16(12,13)8-3-4-15-9(7)8/h3-5,8-9H,1-2H3/t8-,9-/m0/s1. The lowest BCUT2D eigenvalue weighted by Gasteiger charge is -2.30. The highest BCUT2D eigenvalue weighted by Crippen LogP contribution is 2.39. The molecule has 2 aliphatic rings. The molecule has 2 rings (SSSR count). The van der Waals surface area contributed by atoms with Gasteiger partial charge in [0.1, 0.15) is 11.0 Å². The van der Waals surface area contributed by atoms with Crippen LogP contribution in [0.2, 0.25) is 0 Å². The third-order valence-electron chi connectivity index (χ3n) is 2.39. The lowest BCUT2D eigenvalue weighted by Crippen LogP contribution is -2.42. The number of rotatable bonds is 1. The van der Waals surface area contributed by atoms with E-state index in [-0.39, 0.29) is 5.25 Å². The second kappa shape index (κ2) is 3.81. The van der Waals surface area contributed by atoms with Gasteiger partial charge in [-0.15, -0.1) is 11.8 Å². The number of esters is 1. The minimum Gasteiger partial charge on any atom is -0.428 e. The Bertz CT molecular complexity index is 480. The van der Waals surface area contributed by atoms with Crippen molar-refractivity contribution < 1.29 is 17.9 Å². The Kier molecular flexibility index (Phi) is 2.75. The number of ether oxygens (including phenoxy) is 1. The number of hydrogen-bond acceptors (Lipinski definition) is 5. The number of thioether (sulfide) groups is 1. The van der Waals surface area contributed by atoms with Crippen molar-refractivity contribution in [1.82, 2.24) is 4.31 Å². The summed E-state index contributed by atoms with van der Waals surface area (Å²) in [4.78, 5) is 10.9. The molecule has 0 saturated carbocycles. The molecule has 0 aromatic heterocycles. The van der Waals surface area contributed by atoms with Gasteiger partial charge in [0.15, 0.2) is 0 Å². The Balaban J connectivity index is 2.39. The van der Waals surface area contributed by atoms with E-state index in [4.69, 9.17) is 4.74 Å². The van der Waals surface area contributed by atoms with Gasteiger partial charge in [-0.05, 0) is 5.41 Å². The van der Waals surface area contributed by atoms with Crippen molar-refractivity contribution in [2.24, 2.45) is 0 Å². The first-order valence-electron chi connectivity index (χ1n) is 4.62. The molecule has 88 valence electrons. The van der Waals surface area contributed by atoms with Crippen LogP contribution >= 0.6 is 11.8 Å². The summed E-state index contributed by atoms with van der Waals surface area (Å²) in [5.41, 5.74) is 0. The summed E-state index contributed by atoms with van der Waals surface area (Å²) < 4.78 is 29.9. The molecule has 2 aliphatic heterocycles. The van der Waals surface area contributed by atoms with Crippen molar-refractivity contribution in [2.75, 3.05) is 7.05 Å². The van der Waals surface area contributed by atoms with E-state index in [0.717, 1.165) is 4.31 Å². The fourth-order valence-electron chi connectivity index (χ4n) is 1.64. The van der Waals surface area contributed by atoms with Crippen LogP contribution in [0.25, 0.3) is 0 Å². The summed E-state index contributed by atoms with van der Waals surface area (Å²) in [6, 6.07) is 0. The monoisotopic (exact) mass is 261 g/mol. The number of carbonyl (C=O) groups is 1. The zero-order valence-corrected chi connectivity index (χ0v) is 10.4. The van der Waals surface area contributed by atoms with Gasteiger partial charge in [-0.2, -0.15) is 0 Å². The highest BCUT2D eigenvalue weighted by molar-refractivity contribution is 8.04. The van der Waals surface area contributed by atoms with Gasteiger partial charge in [-0.3, -0.25) is 9.10 Å². The van der Waals surface area contributed by atoms with Crippen LogP contribution in [0.5, 0.6) is 0 Å². The number of nitrogens with zero attached hydrogens (tertiary/aromatic N) is 1. The molecule has 2 heterocycles. The number of carbonyl (C=O) groups excluding carboxylic acids is 1. The molecule has 0 spiro atoms. The van der Waals surface area contributed by atoms with Gasteiger partial charge in [0.25, 0.3) is 0 Å². The summed E-state index contributed by atoms with van der Waals surface area (Å²) in [5, 5.41) is 0.746. The molecule has 0 amide bonds. The third kappa shape index (κ3) is 1.73. The molecule has 0 unspecified atom stereocenters. The normalized spacial score (nSPS) is 30.9. The molecule has 0 aromatic rings. The lowest BCUT2D eigenvalue weighted by atomic mass is 10.2. The molecule has 0 N–H and O–H groups in total. The number of fused-ring (bicyclic) bond motifs is 1. The van der Waals surface area contributed by atoms with Crippen molar-refractivity contribution in [1.29, 1.82) is 0 Å². The molecule has 16 heavy (non-hydrogen) atoms. The molecule has 0 aromatic carbocycles. The maximum atomic E-state index is 11.9. The number of sulfonamides is 1. The second-order valence-electron chi connectivity index (χ2n) is 3.54. The smallest absolute Gasteiger partial charge is 0.307 e. The number of hydrogen-bond donors (Lipinski definition) is 0. The van der Waals surface area contributed by atoms with E-state index in [9.17, 15) is 13.2 Å². The van der Waals surface area contributed by atoms with Gasteiger partial charge < -0.3 is 4.74 Å². The Morgan fingerprint density at radius 2 is 2.25 bits per heavy atom. The zero-order chi connectivity index (χ0) is 11.9. The van der Waals surface area contributed by atoms with Crippen LogP contribution < -0.4 is 0 Å². The van der Waals surface area contributed by atoms with E-state index in [2.05, 4.69) is 0 Å². The van der Waals surface area contributed by atoms with Crippen molar-refractivity contribution in [3.63, 3.8) is 0 Å². The van der Waals surface area contributed by atoms with Gasteiger partial charge in [0.2, 0.25) is 10.0 Å². The van der Waals surface area contributed by atoms with Gasteiger partial charge in [0.05, 0.1) is 11.4 Å². The first kappa shape index (κ1) is 11.5. The van der Waals surface area contributed by atoms with Gasteiger partial charge in [-0.1, -0.05) is 6.08 Å². The van der Waals surface area contributed by atoms with Crippen LogP contribution in [0.3, 0.4) is 0 Å². The minimum absolute atomic E-state index is 0.343. The average Bonchev–Trinajstić information content (AvgIpc) is 2.62. The van der Waals surface area contributed by atoms with Crippen LogP contribution in [0, 0.1) is 0 Å². The quantitative estimate of drug-likeness (QED) is 0.649. The molecule has 5 nitrogen and oxygen atoms in total. The molecule has 0 aliphatic carbocycles. The molecular formula is C9H11NO4S2. The largest absolute Gasteiger partial charge is 0.428 e. The Labute approximate surface area is 98.2 Å². The molecule has 2 atom stereocenters. The Morgan fingerprint density at radius 1 is 1.56 bits per heavy atom. The van der Waals surface area contributed by atoms with Gasteiger partial charge in [-0.25, -0.2) is 8.42 Å². The van der Waals surface area contributed by atoms with Crippen LogP contribution in [0.1, 0.15) is 6.92 Å². The van der Waals surface area contributed by atoms with E-state index in [1.165, 1.54) is 31.9 Å². The summed E-state index contributed by atoms with van der Waals surface area (Å²) in [7, 11) is -1.91. The van der Waals surface area contributed by atoms with Crippen molar-refractivity contribution in [3.8, 4) is 0 Å². The van der Waals surface area contributed by atoms with Crippen molar-refractivity contribution >= 4 is 27.8 Å². The maximum Gasteiger partial charge on any atom is 0.307 e. The minimum atomic E-state index is -3.35. The van der Waals surface area contributed by atoms with Crippen molar-refractivity contribution in [3.05, 3.63) is 23.4 Å². The fraction of sp³-hybridized carbons (Fsp3) is 0.444. The molecule has 0 bridgehead atoms. The lowest BCUT2D eigenvalue weighted by molar-refractivity contribution is -0.137. The van der Waals surface area contributed by atoms with Crippen LogP contribution in [0.15, 0.2) is 23.4 Å². The van der Waals surface area contributed by atoms with Crippen LogP contribution in [0.4, 0.5) is 0 Å². The molecule has 0 saturated heterocycles. The average molecular weight is 261 g/mol. The second-order valence-corrected chi connectivity index (χ2v) is 6.74. The Morgan fingerprint density at radius 3 is 2.88 bits per heavy atom. The van der Waals surface area contributed by atoms with E-state index < -0.39 is 21.2 Å². The van der Waals surface area contributed by atoms with E-state index in [1.807, 2.05) is 0 Å². The summed E-state index contributed by atoms with van der Waals surface area (Å²) in [5.74, 6) is -0.0463. The first-order valence-corrected chi connectivity index (χ1v) is 7.06. The maximum absolute atomic E-state index is 11.9.